The predicted molar refractivity (Wildman–Crippen MR) is 113 cm³/mol. The number of benzene rings is 2. The number of rotatable bonds is 5. The van der Waals surface area contributed by atoms with Crippen LogP contribution in [-0.2, 0) is 14.4 Å². The third-order valence-electron chi connectivity index (χ3n) is 5.98. The Morgan fingerprint density at radius 3 is 2.28 bits per heavy atom. The number of hydrogen-bond donors (Lipinski definition) is 2. The van der Waals surface area contributed by atoms with Crippen LogP contribution in [0.1, 0.15) is 37.3 Å². The molecule has 3 N–H and O–H groups in total. The third kappa shape index (κ3) is 4.14. The van der Waals surface area contributed by atoms with Crippen molar-refractivity contribution in [2.75, 3.05) is 13.1 Å². The first-order valence-electron chi connectivity index (χ1n) is 9.92. The Balaban J connectivity index is 0.00000240. The lowest BCUT2D eigenvalue weighted by Crippen LogP contribution is -2.43. The van der Waals surface area contributed by atoms with Gasteiger partial charge < -0.3 is 11.1 Å². The van der Waals surface area contributed by atoms with Crippen molar-refractivity contribution in [3.63, 3.8) is 0 Å². The number of nitrogens with one attached hydrogen (secondary N) is 1. The molecule has 0 radical (unpaired) electrons. The van der Waals surface area contributed by atoms with E-state index in [-0.39, 0.29) is 61.1 Å². The standard InChI is InChI=1S/C22H25N3O3.ClH/c23-12-19(16-10-9-14-5-1-2-6-15(14)11-16)24-20(26)13-25-21(27)17-7-3-4-8-18(17)22(25)28;/h1-2,5-6,9-11,17-19H,3-4,7-8,12-13,23H2,(H,24,26);1H. The van der Waals surface area contributed by atoms with Gasteiger partial charge in [-0.3, -0.25) is 19.3 Å². The van der Waals surface area contributed by atoms with Crippen LogP contribution in [-0.4, -0.2) is 35.7 Å². The van der Waals surface area contributed by atoms with Gasteiger partial charge in [-0.05, 0) is 35.2 Å². The van der Waals surface area contributed by atoms with Gasteiger partial charge in [-0.15, -0.1) is 12.4 Å². The van der Waals surface area contributed by atoms with E-state index in [4.69, 9.17) is 5.73 Å². The molecule has 2 fully saturated rings. The van der Waals surface area contributed by atoms with Crippen molar-refractivity contribution < 1.29 is 14.4 Å². The van der Waals surface area contributed by atoms with Gasteiger partial charge in [0.15, 0.2) is 0 Å². The summed E-state index contributed by atoms with van der Waals surface area (Å²) in [6, 6.07) is 13.6. The Labute approximate surface area is 176 Å². The van der Waals surface area contributed by atoms with E-state index in [1.54, 1.807) is 0 Å². The van der Waals surface area contributed by atoms with Gasteiger partial charge in [-0.1, -0.05) is 49.2 Å². The first-order valence-corrected chi connectivity index (χ1v) is 9.92. The number of hydrogen-bond acceptors (Lipinski definition) is 4. The van der Waals surface area contributed by atoms with Crippen LogP contribution >= 0.6 is 12.4 Å². The Kier molecular flexibility index (Phi) is 6.55. The molecule has 1 aliphatic carbocycles. The molecule has 2 aromatic rings. The van der Waals surface area contributed by atoms with E-state index in [9.17, 15) is 14.4 Å². The summed E-state index contributed by atoms with van der Waals surface area (Å²) in [5.41, 5.74) is 6.80. The second-order valence-corrected chi connectivity index (χ2v) is 7.72. The Bertz CT molecular complexity index is 908. The average molecular weight is 416 g/mol. The highest BCUT2D eigenvalue weighted by atomic mass is 35.5. The molecule has 4 rings (SSSR count). The van der Waals surface area contributed by atoms with Crippen LogP contribution in [0.25, 0.3) is 10.8 Å². The van der Waals surface area contributed by atoms with Crippen molar-refractivity contribution in [3.05, 3.63) is 48.0 Å². The molecule has 6 nitrogen and oxygen atoms in total. The first kappa shape index (κ1) is 21.3. The van der Waals surface area contributed by atoms with Crippen LogP contribution in [0, 0.1) is 11.8 Å². The van der Waals surface area contributed by atoms with E-state index in [2.05, 4.69) is 5.32 Å². The molecule has 7 heteroatoms. The summed E-state index contributed by atoms with van der Waals surface area (Å²) in [7, 11) is 0. The van der Waals surface area contributed by atoms with Crippen molar-refractivity contribution in [1.29, 1.82) is 0 Å². The van der Waals surface area contributed by atoms with E-state index in [0.29, 0.717) is 0 Å². The van der Waals surface area contributed by atoms with Gasteiger partial charge in [0.2, 0.25) is 17.7 Å². The molecule has 0 spiro atoms. The minimum absolute atomic E-state index is 0. The van der Waals surface area contributed by atoms with Gasteiger partial charge in [-0.2, -0.15) is 0 Å². The lowest BCUT2D eigenvalue weighted by atomic mass is 9.81. The quantitative estimate of drug-likeness (QED) is 0.734. The van der Waals surface area contributed by atoms with E-state index >= 15 is 0 Å². The molecule has 3 atom stereocenters. The number of carbonyl (C=O) groups is 3. The molecular weight excluding hydrogens is 390 g/mol. The third-order valence-corrected chi connectivity index (χ3v) is 5.98. The highest BCUT2D eigenvalue weighted by molar-refractivity contribution is 6.07. The summed E-state index contributed by atoms with van der Waals surface area (Å²) in [4.78, 5) is 38.8. The number of fused-ring (bicyclic) bond motifs is 2. The number of imide groups is 1. The molecule has 1 aliphatic heterocycles. The summed E-state index contributed by atoms with van der Waals surface area (Å²) >= 11 is 0. The normalized spacial score (nSPS) is 22.2. The van der Waals surface area contributed by atoms with E-state index in [1.807, 2.05) is 42.5 Å². The molecule has 2 aliphatic rings. The number of halogens is 1. The van der Waals surface area contributed by atoms with Crippen molar-refractivity contribution in [2.24, 2.45) is 17.6 Å². The van der Waals surface area contributed by atoms with E-state index in [0.717, 1.165) is 46.9 Å². The van der Waals surface area contributed by atoms with Crippen molar-refractivity contribution in [3.8, 4) is 0 Å². The molecule has 1 saturated carbocycles. The SMILES string of the molecule is Cl.NCC(NC(=O)CN1C(=O)C2CCCCC2C1=O)c1ccc2ccccc2c1. The zero-order valence-corrected chi connectivity index (χ0v) is 17.0. The largest absolute Gasteiger partial charge is 0.346 e. The fourth-order valence-electron chi connectivity index (χ4n) is 4.47. The lowest BCUT2D eigenvalue weighted by Gasteiger charge is -2.20. The maximum Gasteiger partial charge on any atom is 0.240 e. The first-order chi connectivity index (χ1) is 13.6. The van der Waals surface area contributed by atoms with Gasteiger partial charge in [0.1, 0.15) is 6.54 Å². The topological polar surface area (TPSA) is 92.5 Å². The second-order valence-electron chi connectivity index (χ2n) is 7.72. The summed E-state index contributed by atoms with van der Waals surface area (Å²) < 4.78 is 0. The molecule has 1 saturated heterocycles. The molecule has 0 bridgehead atoms. The maximum atomic E-state index is 12.6. The van der Waals surface area contributed by atoms with Crippen molar-refractivity contribution in [1.82, 2.24) is 10.2 Å². The second kappa shape index (κ2) is 8.93. The maximum absolute atomic E-state index is 12.6. The monoisotopic (exact) mass is 415 g/mol. The Morgan fingerprint density at radius 2 is 1.66 bits per heavy atom. The van der Waals surface area contributed by atoms with Gasteiger partial charge in [-0.25, -0.2) is 0 Å². The lowest BCUT2D eigenvalue weighted by molar-refractivity contribution is -0.143. The number of likely N-dealkylation sites (tertiary alicyclic amines) is 1. The molecule has 154 valence electrons. The average Bonchev–Trinajstić information content (AvgIpc) is 2.97. The molecule has 3 amide bonds. The zero-order chi connectivity index (χ0) is 19.7. The smallest absolute Gasteiger partial charge is 0.240 e. The molecule has 3 unspecified atom stereocenters. The Morgan fingerprint density at radius 1 is 1.03 bits per heavy atom. The molecule has 0 aromatic heterocycles. The van der Waals surface area contributed by atoms with Crippen LogP contribution in [0.5, 0.6) is 0 Å². The van der Waals surface area contributed by atoms with E-state index < -0.39 is 0 Å². The van der Waals surface area contributed by atoms with Crippen molar-refractivity contribution in [2.45, 2.75) is 31.7 Å². The van der Waals surface area contributed by atoms with E-state index in [1.165, 1.54) is 0 Å². The number of nitrogens with zero attached hydrogens (tertiary/aromatic N) is 1. The minimum atomic E-state index is -0.368. The number of nitrogens with two attached hydrogens (primary N) is 1. The highest BCUT2D eigenvalue weighted by Crippen LogP contribution is 2.37. The van der Waals surface area contributed by atoms with Gasteiger partial charge >= 0.3 is 0 Å². The summed E-state index contributed by atoms with van der Waals surface area (Å²) in [5.74, 6) is -1.22. The van der Waals surface area contributed by atoms with Crippen LogP contribution in [0.2, 0.25) is 0 Å². The molecule has 29 heavy (non-hydrogen) atoms. The van der Waals surface area contributed by atoms with Crippen LogP contribution in [0.4, 0.5) is 0 Å². The van der Waals surface area contributed by atoms with Gasteiger partial charge in [0, 0.05) is 6.54 Å². The minimum Gasteiger partial charge on any atom is -0.346 e. The van der Waals surface area contributed by atoms with Gasteiger partial charge in [0.25, 0.3) is 0 Å². The molecular formula is C22H26ClN3O3. The highest BCUT2D eigenvalue weighted by Gasteiger charge is 2.48. The summed E-state index contributed by atoms with van der Waals surface area (Å²) in [6.45, 7) is 0.00592. The predicted octanol–water partition coefficient (Wildman–Crippen LogP) is 2.55. The number of amides is 3. The number of carbonyl (C=O) groups excluding carboxylic acids is 3. The summed E-state index contributed by atoms with van der Waals surface area (Å²) in [5, 5.41) is 5.07. The van der Waals surface area contributed by atoms with Crippen molar-refractivity contribution >= 4 is 40.9 Å². The summed E-state index contributed by atoms with van der Waals surface area (Å²) in [6.07, 6.45) is 3.43. The van der Waals surface area contributed by atoms with Crippen LogP contribution in [0.3, 0.4) is 0 Å². The fraction of sp³-hybridized carbons (Fsp3) is 0.409. The Hall–Kier alpha value is -2.44. The van der Waals surface area contributed by atoms with Gasteiger partial charge in [0.05, 0.1) is 17.9 Å². The fourth-order valence-corrected chi connectivity index (χ4v) is 4.47. The van der Waals surface area contributed by atoms with Crippen LogP contribution in [0.15, 0.2) is 42.5 Å². The zero-order valence-electron chi connectivity index (χ0n) is 16.2. The molecule has 1 heterocycles. The van der Waals surface area contributed by atoms with Crippen LogP contribution < -0.4 is 11.1 Å². The molecule has 2 aromatic carbocycles.